The minimum Gasteiger partial charge on any atom is -0.494 e. The van der Waals surface area contributed by atoms with Crippen LogP contribution >= 0.6 is 11.3 Å². The maximum atomic E-state index is 13.0. The molecule has 0 unspecified atom stereocenters. The molecule has 9 heteroatoms. The van der Waals surface area contributed by atoms with E-state index in [2.05, 4.69) is 4.98 Å². The summed E-state index contributed by atoms with van der Waals surface area (Å²) in [6.07, 6.45) is 1.38. The third kappa shape index (κ3) is 3.79. The third-order valence-corrected chi connectivity index (χ3v) is 5.25. The number of thiazole rings is 1. The fourth-order valence-corrected chi connectivity index (χ4v) is 3.80. The van der Waals surface area contributed by atoms with E-state index in [1.807, 2.05) is 26.2 Å². The van der Waals surface area contributed by atoms with Gasteiger partial charge < -0.3 is 23.8 Å². The van der Waals surface area contributed by atoms with Crippen molar-refractivity contribution in [3.63, 3.8) is 0 Å². The number of quaternary nitrogens is 1. The van der Waals surface area contributed by atoms with Crippen LogP contribution in [0.5, 0.6) is 11.5 Å². The lowest BCUT2D eigenvalue weighted by Gasteiger charge is -2.23. The number of rotatable bonds is 5. The van der Waals surface area contributed by atoms with Crippen LogP contribution in [0.25, 0.3) is 10.2 Å². The molecule has 1 aromatic carbocycles. The zero-order valence-electron chi connectivity index (χ0n) is 15.3. The molecule has 2 aliphatic rings. The summed E-state index contributed by atoms with van der Waals surface area (Å²) in [5.74, 6) is 1.37. The number of nitrogens with zero attached hydrogens (tertiary/aromatic N) is 2. The van der Waals surface area contributed by atoms with Gasteiger partial charge in [-0.05, 0) is 0 Å². The number of aromatic nitrogens is 1. The Morgan fingerprint density at radius 3 is 2.59 bits per heavy atom. The molecule has 27 heavy (non-hydrogen) atoms. The number of nitrogens with one attached hydrogen (secondary N) is 1. The molecule has 0 spiro atoms. The van der Waals surface area contributed by atoms with Crippen LogP contribution in [-0.2, 0) is 14.3 Å². The molecular formula is C18H22N3O5S+. The van der Waals surface area contributed by atoms with Gasteiger partial charge in [-0.25, -0.2) is 4.98 Å². The molecule has 4 rings (SSSR count). The van der Waals surface area contributed by atoms with Crippen molar-refractivity contribution >= 4 is 32.6 Å². The van der Waals surface area contributed by atoms with Crippen LogP contribution in [0.2, 0.25) is 0 Å². The van der Waals surface area contributed by atoms with Gasteiger partial charge in [0.1, 0.15) is 32.7 Å². The molecular weight excluding hydrogens is 370 g/mol. The molecule has 0 atom stereocenters. The number of anilines is 1. The molecule has 0 saturated carbocycles. The molecule has 1 aromatic heterocycles. The summed E-state index contributed by atoms with van der Waals surface area (Å²) >= 11 is 1.45. The van der Waals surface area contributed by atoms with Gasteiger partial charge in [0.25, 0.3) is 5.91 Å². The van der Waals surface area contributed by atoms with Crippen molar-refractivity contribution < 1.29 is 28.6 Å². The predicted octanol–water partition coefficient (Wildman–Crippen LogP) is 0.433. The fourth-order valence-electron chi connectivity index (χ4n) is 2.80. The number of benzene rings is 1. The van der Waals surface area contributed by atoms with Crippen molar-refractivity contribution in [2.75, 3.05) is 58.5 Å². The van der Waals surface area contributed by atoms with Gasteiger partial charge in [-0.15, -0.1) is 0 Å². The predicted molar refractivity (Wildman–Crippen MR) is 101 cm³/mol. The quantitative estimate of drug-likeness (QED) is 0.796. The summed E-state index contributed by atoms with van der Waals surface area (Å²) in [5.41, 5.74) is 0.782. The van der Waals surface area contributed by atoms with Crippen LogP contribution in [0, 0.1) is 0 Å². The molecule has 1 N–H and O–H groups in total. The number of hydrogen-bond acceptors (Lipinski definition) is 7. The Hall–Kier alpha value is -2.52. The van der Waals surface area contributed by atoms with E-state index < -0.39 is 0 Å². The maximum absolute atomic E-state index is 13.0. The van der Waals surface area contributed by atoms with E-state index in [4.69, 9.17) is 18.9 Å². The van der Waals surface area contributed by atoms with E-state index in [0.29, 0.717) is 49.6 Å². The number of hydrogen-bond donors (Lipinski definition) is 1. The molecule has 8 nitrogen and oxygen atoms in total. The van der Waals surface area contributed by atoms with Gasteiger partial charge in [0, 0.05) is 12.1 Å². The molecule has 0 radical (unpaired) electrons. The second-order valence-corrected chi connectivity index (χ2v) is 7.58. The number of likely N-dealkylation sites (N-methyl/N-ethyl adjacent to an activating group) is 1. The summed E-state index contributed by atoms with van der Waals surface area (Å²) in [5, 5.41) is 0.619. The summed E-state index contributed by atoms with van der Waals surface area (Å²) < 4.78 is 23.0. The Bertz CT molecular complexity index is 836. The van der Waals surface area contributed by atoms with Crippen LogP contribution in [0.4, 0.5) is 5.13 Å². The summed E-state index contributed by atoms with van der Waals surface area (Å²) in [4.78, 5) is 20.6. The van der Waals surface area contributed by atoms with Gasteiger partial charge >= 0.3 is 0 Å². The first-order valence-corrected chi connectivity index (χ1v) is 9.69. The highest BCUT2D eigenvalue weighted by atomic mass is 32.1. The van der Waals surface area contributed by atoms with E-state index in [1.54, 1.807) is 4.90 Å². The molecule has 0 bridgehead atoms. The fraction of sp³-hybridized carbons (Fsp3) is 0.444. The number of amides is 1. The van der Waals surface area contributed by atoms with E-state index in [1.165, 1.54) is 22.5 Å². The summed E-state index contributed by atoms with van der Waals surface area (Å²) in [7, 11) is 4.09. The second-order valence-electron chi connectivity index (χ2n) is 6.58. The highest BCUT2D eigenvalue weighted by Crippen LogP contribution is 2.39. The molecule has 144 valence electrons. The summed E-state index contributed by atoms with van der Waals surface area (Å²) in [6.45, 7) is 3.17. The average Bonchev–Trinajstić information content (AvgIpc) is 3.09. The maximum Gasteiger partial charge on any atom is 0.298 e. The van der Waals surface area contributed by atoms with Gasteiger partial charge in [-0.1, -0.05) is 11.3 Å². The highest BCUT2D eigenvalue weighted by Gasteiger charge is 2.27. The Labute approximate surface area is 160 Å². The number of carbonyl (C=O) groups is 1. The van der Waals surface area contributed by atoms with Crippen molar-refractivity contribution in [1.82, 2.24) is 4.98 Å². The molecule has 0 saturated heterocycles. The van der Waals surface area contributed by atoms with Crippen molar-refractivity contribution in [3.8, 4) is 11.5 Å². The first-order chi connectivity index (χ1) is 13.1. The van der Waals surface area contributed by atoms with Crippen LogP contribution in [0.3, 0.4) is 0 Å². The first kappa shape index (κ1) is 17.9. The van der Waals surface area contributed by atoms with Gasteiger partial charge in [0.15, 0.2) is 16.6 Å². The normalized spacial score (nSPS) is 15.9. The largest absolute Gasteiger partial charge is 0.494 e. The zero-order valence-corrected chi connectivity index (χ0v) is 16.1. The highest BCUT2D eigenvalue weighted by molar-refractivity contribution is 7.22. The lowest BCUT2D eigenvalue weighted by Crippen LogP contribution is -3.06. The van der Waals surface area contributed by atoms with Crippen LogP contribution in [-0.4, -0.2) is 64.5 Å². The zero-order chi connectivity index (χ0) is 18.8. The molecule has 3 heterocycles. The number of ether oxygens (including phenoxy) is 4. The van der Waals surface area contributed by atoms with Gasteiger partial charge in [0.2, 0.25) is 5.76 Å². The number of fused-ring (bicyclic) bond motifs is 2. The lowest BCUT2D eigenvalue weighted by molar-refractivity contribution is -0.856. The van der Waals surface area contributed by atoms with Gasteiger partial charge in [0.05, 0.1) is 37.4 Å². The minimum absolute atomic E-state index is 0.209. The molecule has 1 amide bonds. The van der Waals surface area contributed by atoms with Crippen molar-refractivity contribution in [2.45, 2.75) is 0 Å². The van der Waals surface area contributed by atoms with Crippen molar-refractivity contribution in [3.05, 3.63) is 24.2 Å². The van der Waals surface area contributed by atoms with Gasteiger partial charge in [-0.2, -0.15) is 0 Å². The minimum atomic E-state index is -0.243. The molecule has 0 aliphatic carbocycles. The Balaban J connectivity index is 1.67. The monoisotopic (exact) mass is 392 g/mol. The Morgan fingerprint density at radius 1 is 1.15 bits per heavy atom. The average molecular weight is 392 g/mol. The van der Waals surface area contributed by atoms with E-state index in [0.717, 1.165) is 16.8 Å². The van der Waals surface area contributed by atoms with E-state index in [-0.39, 0.29) is 11.7 Å². The second kappa shape index (κ2) is 7.61. The van der Waals surface area contributed by atoms with Crippen LogP contribution < -0.4 is 19.3 Å². The summed E-state index contributed by atoms with van der Waals surface area (Å²) in [6, 6.07) is 3.79. The van der Waals surface area contributed by atoms with E-state index >= 15 is 0 Å². The van der Waals surface area contributed by atoms with Crippen LogP contribution in [0.15, 0.2) is 24.2 Å². The van der Waals surface area contributed by atoms with Crippen molar-refractivity contribution in [2.24, 2.45) is 0 Å². The SMILES string of the molecule is C[NH+](C)CCN(C(=O)C1=COCCO1)c1nc2cc3c(cc2s1)OCCO3. The topological polar surface area (TPSA) is 74.6 Å². The standard InChI is InChI=1S/C18H21N3O5S/c1-20(2)3-4-21(17(22)15-11-23-5-6-26-15)18-19-12-9-13-14(10-16(12)27-18)25-8-7-24-13/h9-11H,3-8H2,1-2H3/p+1. The van der Waals surface area contributed by atoms with Crippen molar-refractivity contribution in [1.29, 1.82) is 0 Å². The van der Waals surface area contributed by atoms with Gasteiger partial charge in [-0.3, -0.25) is 9.69 Å². The molecule has 0 fully saturated rings. The Morgan fingerprint density at radius 2 is 1.89 bits per heavy atom. The van der Waals surface area contributed by atoms with E-state index in [9.17, 15) is 4.79 Å². The molecule has 2 aromatic rings. The first-order valence-electron chi connectivity index (χ1n) is 8.87. The smallest absolute Gasteiger partial charge is 0.298 e. The number of carbonyl (C=O) groups excluding carboxylic acids is 1. The van der Waals surface area contributed by atoms with Crippen LogP contribution in [0.1, 0.15) is 0 Å². The molecule has 2 aliphatic heterocycles. The Kier molecular flexibility index (Phi) is 5.04. The lowest BCUT2D eigenvalue weighted by atomic mass is 10.3. The third-order valence-electron chi connectivity index (χ3n) is 4.21.